The largest absolute Gasteiger partial charge is 0.507 e. The average molecular weight is 432 g/mol. The molecule has 1 atom stereocenters. The first kappa shape index (κ1) is 23.4. The molecule has 3 aromatic carbocycles. The van der Waals surface area contributed by atoms with E-state index in [2.05, 4.69) is 49.5 Å². The average Bonchev–Trinajstić information content (AvgIpc) is 2.77. The molecular weight excluding hydrogens is 398 g/mol. The smallest absolute Gasteiger partial charge is 0.126 e. The first-order chi connectivity index (χ1) is 15.4. The summed E-state index contributed by atoms with van der Waals surface area (Å²) >= 11 is 0. The summed E-state index contributed by atoms with van der Waals surface area (Å²) in [6.07, 6.45) is 2.08. The second kappa shape index (κ2) is 10.9. The van der Waals surface area contributed by atoms with Crippen LogP contribution in [0.2, 0.25) is 0 Å². The van der Waals surface area contributed by atoms with Gasteiger partial charge >= 0.3 is 0 Å². The van der Waals surface area contributed by atoms with Crippen molar-refractivity contribution in [3.8, 4) is 11.5 Å². The molecule has 4 nitrogen and oxygen atoms in total. The van der Waals surface area contributed by atoms with Crippen LogP contribution in [0.4, 0.5) is 11.4 Å². The van der Waals surface area contributed by atoms with E-state index in [4.69, 9.17) is 4.74 Å². The number of aldehydes is 1. The lowest BCUT2D eigenvalue weighted by molar-refractivity contribution is -0.108. The molecule has 0 amide bonds. The fourth-order valence-corrected chi connectivity index (χ4v) is 3.72. The molecule has 0 heterocycles. The Kier molecular flexibility index (Phi) is 7.93. The van der Waals surface area contributed by atoms with Crippen LogP contribution in [0, 0.1) is 12.8 Å². The van der Waals surface area contributed by atoms with Gasteiger partial charge in [-0.1, -0.05) is 51.1 Å². The van der Waals surface area contributed by atoms with Crippen molar-refractivity contribution in [3.05, 3.63) is 82.9 Å². The van der Waals surface area contributed by atoms with Crippen LogP contribution in [0.5, 0.6) is 11.5 Å². The Labute approximate surface area is 191 Å². The lowest BCUT2D eigenvalue weighted by Gasteiger charge is -2.16. The SMILES string of the molecule is Cc1c(OCc2cccc(Nc3cccc(C(C)C)c3)c2)ccc(CC(C)CC=O)c1O. The maximum absolute atomic E-state index is 10.7. The van der Waals surface area contributed by atoms with Gasteiger partial charge in [0.2, 0.25) is 0 Å². The number of nitrogens with one attached hydrogen (secondary N) is 1. The molecule has 0 radical (unpaired) electrons. The molecule has 0 aliphatic rings. The molecule has 0 aromatic heterocycles. The van der Waals surface area contributed by atoms with Crippen LogP contribution >= 0.6 is 0 Å². The number of hydrogen-bond donors (Lipinski definition) is 2. The maximum atomic E-state index is 10.7. The quantitative estimate of drug-likeness (QED) is 0.342. The molecule has 0 spiro atoms. The normalized spacial score (nSPS) is 11.9. The second-order valence-electron chi connectivity index (χ2n) is 8.80. The molecular formula is C28H33NO3. The number of aromatic hydroxyl groups is 1. The van der Waals surface area contributed by atoms with Gasteiger partial charge in [0.05, 0.1) is 0 Å². The first-order valence-corrected chi connectivity index (χ1v) is 11.2. The molecule has 0 bridgehead atoms. The van der Waals surface area contributed by atoms with Gasteiger partial charge in [0.25, 0.3) is 0 Å². The van der Waals surface area contributed by atoms with Crippen LogP contribution in [0.1, 0.15) is 55.4 Å². The van der Waals surface area contributed by atoms with Gasteiger partial charge in [-0.05, 0) is 72.2 Å². The minimum absolute atomic E-state index is 0.195. The fourth-order valence-electron chi connectivity index (χ4n) is 3.72. The summed E-state index contributed by atoms with van der Waals surface area (Å²) < 4.78 is 6.02. The van der Waals surface area contributed by atoms with Crippen molar-refractivity contribution < 1.29 is 14.6 Å². The molecule has 1 unspecified atom stereocenters. The lowest BCUT2D eigenvalue weighted by Crippen LogP contribution is -2.03. The van der Waals surface area contributed by atoms with Gasteiger partial charge in [0.15, 0.2) is 0 Å². The molecule has 0 fully saturated rings. The van der Waals surface area contributed by atoms with Crippen LogP contribution in [-0.4, -0.2) is 11.4 Å². The summed E-state index contributed by atoms with van der Waals surface area (Å²) in [5.41, 5.74) is 5.98. The number of rotatable bonds is 10. The molecule has 0 saturated heterocycles. The summed E-state index contributed by atoms with van der Waals surface area (Å²) in [7, 11) is 0. The molecule has 4 heteroatoms. The van der Waals surface area contributed by atoms with Gasteiger partial charge in [0.1, 0.15) is 24.4 Å². The zero-order chi connectivity index (χ0) is 23.1. The Morgan fingerprint density at radius 3 is 2.44 bits per heavy atom. The van der Waals surface area contributed by atoms with Gasteiger partial charge in [-0.2, -0.15) is 0 Å². The predicted octanol–water partition coefficient (Wildman–Crippen LogP) is 6.91. The molecule has 3 aromatic rings. The van der Waals surface area contributed by atoms with Crippen molar-refractivity contribution in [2.24, 2.45) is 5.92 Å². The zero-order valence-corrected chi connectivity index (χ0v) is 19.4. The number of carbonyl (C=O) groups is 1. The van der Waals surface area contributed by atoms with E-state index in [-0.39, 0.29) is 11.7 Å². The van der Waals surface area contributed by atoms with Crippen LogP contribution in [0.15, 0.2) is 60.7 Å². The summed E-state index contributed by atoms with van der Waals surface area (Å²) in [5, 5.41) is 14.1. The molecule has 3 rings (SSSR count). The van der Waals surface area contributed by atoms with Crippen LogP contribution in [-0.2, 0) is 17.8 Å². The van der Waals surface area contributed by atoms with E-state index in [1.165, 1.54) is 5.56 Å². The minimum atomic E-state index is 0.195. The van der Waals surface area contributed by atoms with E-state index in [9.17, 15) is 9.90 Å². The number of phenolic OH excluding ortho intramolecular Hbond substituents is 1. The summed E-state index contributed by atoms with van der Waals surface area (Å²) in [4.78, 5) is 10.7. The second-order valence-corrected chi connectivity index (χ2v) is 8.80. The third kappa shape index (κ3) is 6.13. The molecule has 168 valence electrons. The minimum Gasteiger partial charge on any atom is -0.507 e. The molecule has 0 saturated carbocycles. The number of anilines is 2. The van der Waals surface area contributed by atoms with Crippen LogP contribution < -0.4 is 10.1 Å². The van der Waals surface area contributed by atoms with Crippen molar-refractivity contribution in [1.29, 1.82) is 0 Å². The Hall–Kier alpha value is -3.27. The number of benzene rings is 3. The first-order valence-electron chi connectivity index (χ1n) is 11.2. The third-order valence-electron chi connectivity index (χ3n) is 5.70. The van der Waals surface area contributed by atoms with Crippen LogP contribution in [0.3, 0.4) is 0 Å². The van der Waals surface area contributed by atoms with Crippen molar-refractivity contribution in [2.75, 3.05) is 5.32 Å². The van der Waals surface area contributed by atoms with E-state index < -0.39 is 0 Å². The zero-order valence-electron chi connectivity index (χ0n) is 19.4. The molecule has 2 N–H and O–H groups in total. The van der Waals surface area contributed by atoms with E-state index in [0.717, 1.165) is 34.4 Å². The molecule has 0 aliphatic carbocycles. The third-order valence-corrected chi connectivity index (χ3v) is 5.70. The number of carbonyl (C=O) groups excluding carboxylic acids is 1. The van der Waals surface area contributed by atoms with E-state index in [1.54, 1.807) is 0 Å². The number of ether oxygens (including phenoxy) is 1. The standard InChI is InChI=1S/C28H33NO3/c1-19(2)23-8-6-10-26(17-23)29-25-9-5-7-22(16-25)18-32-27-12-11-24(28(31)21(27)4)15-20(3)13-14-30/h5-12,14,16-17,19-20,29,31H,13,15,18H2,1-4H3. The van der Waals surface area contributed by atoms with Gasteiger partial charge in [-0.15, -0.1) is 0 Å². The van der Waals surface area contributed by atoms with Gasteiger partial charge in [0, 0.05) is 23.4 Å². The highest BCUT2D eigenvalue weighted by Gasteiger charge is 2.13. The Morgan fingerprint density at radius 1 is 1.00 bits per heavy atom. The Morgan fingerprint density at radius 2 is 1.72 bits per heavy atom. The van der Waals surface area contributed by atoms with Gasteiger partial charge in [-0.25, -0.2) is 0 Å². The van der Waals surface area contributed by atoms with Crippen molar-refractivity contribution in [3.63, 3.8) is 0 Å². The highest BCUT2D eigenvalue weighted by molar-refractivity contribution is 5.61. The molecule has 32 heavy (non-hydrogen) atoms. The van der Waals surface area contributed by atoms with Crippen LogP contribution in [0.25, 0.3) is 0 Å². The highest BCUT2D eigenvalue weighted by atomic mass is 16.5. The van der Waals surface area contributed by atoms with E-state index in [0.29, 0.717) is 31.1 Å². The van der Waals surface area contributed by atoms with Gasteiger partial charge < -0.3 is 20.0 Å². The van der Waals surface area contributed by atoms with E-state index in [1.807, 2.05) is 44.2 Å². The number of hydrogen-bond acceptors (Lipinski definition) is 4. The Balaban J connectivity index is 1.67. The Bertz CT molecular complexity index is 1060. The molecule has 0 aliphatic heterocycles. The predicted molar refractivity (Wildman–Crippen MR) is 131 cm³/mol. The lowest BCUT2D eigenvalue weighted by atomic mass is 9.96. The summed E-state index contributed by atoms with van der Waals surface area (Å²) in [5.74, 6) is 1.59. The van der Waals surface area contributed by atoms with Crippen molar-refractivity contribution in [1.82, 2.24) is 0 Å². The van der Waals surface area contributed by atoms with Crippen molar-refractivity contribution >= 4 is 17.7 Å². The maximum Gasteiger partial charge on any atom is 0.126 e. The topological polar surface area (TPSA) is 58.6 Å². The summed E-state index contributed by atoms with van der Waals surface area (Å²) in [6, 6.07) is 20.4. The highest BCUT2D eigenvalue weighted by Crippen LogP contribution is 2.33. The fraction of sp³-hybridized carbons (Fsp3) is 0.321. The number of phenols is 1. The van der Waals surface area contributed by atoms with Gasteiger partial charge in [-0.3, -0.25) is 0 Å². The van der Waals surface area contributed by atoms with Crippen molar-refractivity contribution in [2.45, 2.75) is 53.1 Å². The summed E-state index contributed by atoms with van der Waals surface area (Å²) in [6.45, 7) is 8.65. The van der Waals surface area contributed by atoms with E-state index >= 15 is 0 Å². The monoisotopic (exact) mass is 431 g/mol.